The van der Waals surface area contributed by atoms with Crippen molar-refractivity contribution in [2.75, 3.05) is 20.0 Å². The van der Waals surface area contributed by atoms with Crippen LogP contribution in [0.25, 0.3) is 0 Å². The summed E-state index contributed by atoms with van der Waals surface area (Å²) in [7, 11) is -12.4. The van der Waals surface area contributed by atoms with Crippen molar-refractivity contribution < 1.29 is 25.3 Å². The molecule has 0 spiro atoms. The van der Waals surface area contributed by atoms with E-state index in [1.807, 2.05) is 0 Å². The van der Waals surface area contributed by atoms with Crippen molar-refractivity contribution in [2.45, 2.75) is 17.3 Å². The molecule has 1 saturated heterocycles. The Bertz CT molecular complexity index is 1430. The van der Waals surface area contributed by atoms with Gasteiger partial charge in [0.05, 0.1) is 37.3 Å². The van der Waals surface area contributed by atoms with Crippen LogP contribution in [0.5, 0.6) is 0 Å². The minimum Gasteiger partial charge on any atom is -0.212 e. The smallest absolute Gasteiger partial charge is 0.212 e. The molecule has 9 nitrogen and oxygen atoms in total. The van der Waals surface area contributed by atoms with Crippen molar-refractivity contribution in [3.63, 3.8) is 0 Å². The zero-order valence-corrected chi connectivity index (χ0v) is 25.0. The van der Waals surface area contributed by atoms with Crippen molar-refractivity contribution in [1.82, 2.24) is 12.9 Å². The molecular formula is C24H24Cl3N3O6S3. The molecule has 210 valence electrons. The van der Waals surface area contributed by atoms with Gasteiger partial charge in [-0.15, -0.1) is 0 Å². The van der Waals surface area contributed by atoms with Gasteiger partial charge in [-0.25, -0.2) is 25.3 Å². The molecule has 3 aromatic rings. The van der Waals surface area contributed by atoms with E-state index in [1.54, 1.807) is 0 Å². The second-order valence-corrected chi connectivity index (χ2v) is 16.1. The van der Waals surface area contributed by atoms with Gasteiger partial charge in [-0.1, -0.05) is 71.2 Å². The van der Waals surface area contributed by atoms with E-state index in [1.165, 1.54) is 72.8 Å². The van der Waals surface area contributed by atoms with Gasteiger partial charge in [0.1, 0.15) is 0 Å². The Balaban J connectivity index is 1.65. The Labute approximate surface area is 243 Å². The van der Waals surface area contributed by atoms with Crippen LogP contribution in [0.15, 0.2) is 72.8 Å². The first-order valence-electron chi connectivity index (χ1n) is 11.4. The first-order chi connectivity index (χ1) is 18.2. The lowest BCUT2D eigenvalue weighted by atomic mass is 10.2. The number of benzene rings is 3. The molecule has 0 N–H and O–H groups in total. The molecule has 0 aromatic heterocycles. The minimum absolute atomic E-state index is 0.413. The van der Waals surface area contributed by atoms with Crippen LogP contribution in [0.1, 0.15) is 16.7 Å². The Morgan fingerprint density at radius 2 is 0.641 bits per heavy atom. The average molecular weight is 653 g/mol. The van der Waals surface area contributed by atoms with Crippen molar-refractivity contribution in [3.05, 3.63) is 105 Å². The summed E-state index contributed by atoms with van der Waals surface area (Å²) in [6.45, 7) is -1.63. The maximum absolute atomic E-state index is 13.4. The zero-order chi connectivity index (χ0) is 28.4. The van der Waals surface area contributed by atoms with Crippen LogP contribution in [0.3, 0.4) is 0 Å². The van der Waals surface area contributed by atoms with Crippen molar-refractivity contribution in [3.8, 4) is 0 Å². The van der Waals surface area contributed by atoms with Crippen LogP contribution in [0, 0.1) is 0 Å². The predicted molar refractivity (Wildman–Crippen MR) is 152 cm³/mol. The molecule has 15 heteroatoms. The summed E-state index contributed by atoms with van der Waals surface area (Å²) in [5.74, 6) is -1.42. The van der Waals surface area contributed by atoms with E-state index in [2.05, 4.69) is 0 Å². The molecule has 1 heterocycles. The molecule has 0 amide bonds. The summed E-state index contributed by atoms with van der Waals surface area (Å²) in [4.78, 5) is 0. The number of rotatable bonds is 9. The largest absolute Gasteiger partial charge is 0.220 e. The van der Waals surface area contributed by atoms with Gasteiger partial charge in [-0.2, -0.15) is 12.9 Å². The number of sulfonamides is 3. The minimum atomic E-state index is -4.15. The first kappa shape index (κ1) is 30.2. The van der Waals surface area contributed by atoms with Crippen molar-refractivity contribution in [2.24, 2.45) is 0 Å². The van der Waals surface area contributed by atoms with Crippen LogP contribution >= 0.6 is 34.8 Å². The fourth-order valence-electron chi connectivity index (χ4n) is 3.84. The molecule has 1 aliphatic rings. The highest BCUT2D eigenvalue weighted by Gasteiger charge is 2.41. The maximum Gasteiger partial charge on any atom is 0.220 e. The van der Waals surface area contributed by atoms with Gasteiger partial charge in [0.15, 0.2) is 0 Å². The molecule has 0 unspecified atom stereocenters. The fourth-order valence-corrected chi connectivity index (χ4v) is 8.72. The number of halogens is 3. The Morgan fingerprint density at radius 3 is 0.846 bits per heavy atom. The highest BCUT2D eigenvalue weighted by atomic mass is 35.5. The summed E-state index contributed by atoms with van der Waals surface area (Å²) in [5.41, 5.74) is 1.24. The Hall–Kier alpha value is -1.74. The van der Waals surface area contributed by atoms with E-state index in [-0.39, 0.29) is 0 Å². The number of hydrogen-bond acceptors (Lipinski definition) is 6. The molecule has 0 bridgehead atoms. The van der Waals surface area contributed by atoms with Crippen LogP contribution in [-0.4, -0.2) is 58.2 Å². The molecule has 0 atom stereocenters. The van der Waals surface area contributed by atoms with Crippen LogP contribution in [-0.2, 0) is 47.3 Å². The van der Waals surface area contributed by atoms with Gasteiger partial charge in [0.2, 0.25) is 30.1 Å². The van der Waals surface area contributed by atoms with Crippen molar-refractivity contribution >= 4 is 64.9 Å². The molecule has 3 aromatic carbocycles. The van der Waals surface area contributed by atoms with Gasteiger partial charge in [0, 0.05) is 15.1 Å². The number of nitrogens with zero attached hydrogens (tertiary/aromatic N) is 3. The fraction of sp³-hybridized carbons (Fsp3) is 0.250. The normalized spacial score (nSPS) is 16.4. The lowest BCUT2D eigenvalue weighted by Crippen LogP contribution is -2.59. The molecule has 0 radical (unpaired) electrons. The van der Waals surface area contributed by atoms with Gasteiger partial charge >= 0.3 is 0 Å². The maximum atomic E-state index is 13.4. The van der Waals surface area contributed by atoms with Gasteiger partial charge < -0.3 is 0 Å². The first-order valence-corrected chi connectivity index (χ1v) is 17.4. The Kier molecular flexibility index (Phi) is 9.31. The third-order valence-corrected chi connectivity index (χ3v) is 11.8. The third kappa shape index (κ3) is 7.93. The molecule has 1 aliphatic heterocycles. The van der Waals surface area contributed by atoms with E-state index in [0.29, 0.717) is 31.8 Å². The standard InChI is InChI=1S/C24H24Cl3N3O6S3/c25-22-7-1-19(2-8-22)13-37(31,32)28-16-29(38(33,34)14-20-3-9-23(26)10-4-20)18-30(17-28)39(35,36)15-21-5-11-24(27)12-6-21/h1-12H,13-18H2. The van der Waals surface area contributed by atoms with E-state index in [0.717, 1.165) is 12.9 Å². The lowest BCUT2D eigenvalue weighted by Gasteiger charge is -2.40. The van der Waals surface area contributed by atoms with Crippen molar-refractivity contribution in [1.29, 1.82) is 0 Å². The molecule has 1 fully saturated rings. The van der Waals surface area contributed by atoms with E-state index in [4.69, 9.17) is 34.8 Å². The quantitative estimate of drug-likeness (QED) is 0.340. The Morgan fingerprint density at radius 1 is 0.436 bits per heavy atom. The van der Waals surface area contributed by atoms with Gasteiger partial charge in [-0.05, 0) is 53.1 Å². The molecule has 39 heavy (non-hydrogen) atoms. The molecule has 4 rings (SSSR count). The monoisotopic (exact) mass is 651 g/mol. The summed E-state index contributed by atoms with van der Waals surface area (Å²) in [5, 5.41) is 1.27. The van der Waals surface area contributed by atoms with Gasteiger partial charge in [0.25, 0.3) is 0 Å². The highest BCUT2D eigenvalue weighted by molar-refractivity contribution is 7.90. The summed E-state index contributed by atoms with van der Waals surface area (Å²) < 4.78 is 82.9. The lowest BCUT2D eigenvalue weighted by molar-refractivity contribution is 0.127. The van der Waals surface area contributed by atoms with Crippen LogP contribution < -0.4 is 0 Å². The predicted octanol–water partition coefficient (Wildman–Crippen LogP) is 4.33. The molecular weight excluding hydrogens is 629 g/mol. The van der Waals surface area contributed by atoms with E-state index < -0.39 is 67.3 Å². The number of hydrogen-bond donors (Lipinski definition) is 0. The zero-order valence-electron chi connectivity index (χ0n) is 20.3. The van der Waals surface area contributed by atoms with Crippen LogP contribution in [0.2, 0.25) is 15.1 Å². The average Bonchev–Trinajstić information content (AvgIpc) is 2.87. The second kappa shape index (κ2) is 12.0. The SMILES string of the molecule is O=S(=O)(Cc1ccc(Cl)cc1)N1CN(S(=O)(=O)Cc2ccc(Cl)cc2)CN(S(=O)(=O)Cc2ccc(Cl)cc2)C1. The summed E-state index contributed by atoms with van der Waals surface area (Å²) in [6, 6.07) is 18.4. The molecule has 0 aliphatic carbocycles. The highest BCUT2D eigenvalue weighted by Crippen LogP contribution is 2.25. The topological polar surface area (TPSA) is 112 Å². The summed E-state index contributed by atoms with van der Waals surface area (Å²) >= 11 is 17.7. The third-order valence-electron chi connectivity index (χ3n) is 5.91. The molecule has 0 saturated carbocycles. The van der Waals surface area contributed by atoms with Gasteiger partial charge in [-0.3, -0.25) is 0 Å². The van der Waals surface area contributed by atoms with Crippen LogP contribution in [0.4, 0.5) is 0 Å². The second-order valence-electron chi connectivity index (χ2n) is 8.93. The van der Waals surface area contributed by atoms with E-state index >= 15 is 0 Å². The van der Waals surface area contributed by atoms with E-state index in [9.17, 15) is 25.3 Å². The summed E-state index contributed by atoms with van der Waals surface area (Å²) in [6.07, 6.45) is 0.